The fraction of sp³-hybridized carbons (Fsp3) is 0.333. The van der Waals surface area contributed by atoms with E-state index in [4.69, 9.17) is 10.5 Å². The Morgan fingerprint density at radius 1 is 1.29 bits per heavy atom. The van der Waals surface area contributed by atoms with Gasteiger partial charge in [0.25, 0.3) is 0 Å². The van der Waals surface area contributed by atoms with Gasteiger partial charge in [-0.3, -0.25) is 4.57 Å². The van der Waals surface area contributed by atoms with Crippen LogP contribution in [-0.2, 0) is 10.9 Å². The maximum absolute atomic E-state index is 12.6. The van der Waals surface area contributed by atoms with E-state index < -0.39 is 30.2 Å². The largest absolute Gasteiger partial charge is 0.416 e. The van der Waals surface area contributed by atoms with E-state index in [2.05, 4.69) is 25.5 Å². The summed E-state index contributed by atoms with van der Waals surface area (Å²) in [6, 6.07) is 4.47. The number of hydrogen-bond donors (Lipinski definition) is 4. The molecule has 13 heteroatoms. The summed E-state index contributed by atoms with van der Waals surface area (Å²) in [4.78, 5) is 12.5. The van der Waals surface area contributed by atoms with Crippen LogP contribution in [0.1, 0.15) is 23.8 Å². The van der Waals surface area contributed by atoms with Gasteiger partial charge in [0.15, 0.2) is 11.5 Å². The first kappa shape index (κ1) is 21.0. The van der Waals surface area contributed by atoms with Crippen molar-refractivity contribution in [3.8, 4) is 0 Å². The third-order valence-corrected chi connectivity index (χ3v) is 4.76. The number of hydrogen-bond acceptors (Lipinski definition) is 9. The molecule has 1 fully saturated rings. The highest BCUT2D eigenvalue weighted by Crippen LogP contribution is 2.32. The molecule has 0 saturated carbocycles. The average molecular weight is 437 g/mol. The minimum absolute atomic E-state index is 0.0344. The molecule has 31 heavy (non-hydrogen) atoms. The Hall–Kier alpha value is -3.29. The fourth-order valence-corrected chi connectivity index (χ4v) is 3.17. The average Bonchev–Trinajstić information content (AvgIpc) is 3.31. The molecule has 0 radical (unpaired) electrons. The smallest absolute Gasteiger partial charge is 0.394 e. The maximum Gasteiger partial charge on any atom is 0.416 e. The van der Waals surface area contributed by atoms with Crippen molar-refractivity contribution in [3.05, 3.63) is 41.7 Å². The van der Waals surface area contributed by atoms with Crippen molar-refractivity contribution in [1.82, 2.24) is 19.5 Å². The van der Waals surface area contributed by atoms with Crippen LogP contribution >= 0.6 is 0 Å². The molecule has 3 aromatic rings. The molecule has 1 unspecified atom stereocenters. The highest BCUT2D eigenvalue weighted by Gasteiger charge is 2.35. The van der Waals surface area contributed by atoms with Gasteiger partial charge >= 0.3 is 6.18 Å². The molecule has 0 spiro atoms. The lowest BCUT2D eigenvalue weighted by Crippen LogP contribution is -2.24. The second-order valence-electron chi connectivity index (χ2n) is 6.86. The van der Waals surface area contributed by atoms with Crippen LogP contribution in [0.25, 0.3) is 11.2 Å². The van der Waals surface area contributed by atoms with Crippen LogP contribution in [0.3, 0.4) is 0 Å². The summed E-state index contributed by atoms with van der Waals surface area (Å²) in [7, 11) is 0. The quantitative estimate of drug-likeness (QED) is 0.347. The second kappa shape index (κ2) is 8.09. The number of rotatable bonds is 5. The Labute approximate surface area is 173 Å². The molecule has 164 valence electrons. The van der Waals surface area contributed by atoms with Gasteiger partial charge in [-0.2, -0.15) is 28.2 Å². The maximum atomic E-state index is 12.6. The Morgan fingerprint density at radius 2 is 2.03 bits per heavy atom. The zero-order chi connectivity index (χ0) is 22.2. The topological polar surface area (TPSA) is 144 Å². The van der Waals surface area contributed by atoms with Crippen LogP contribution in [0.4, 0.5) is 24.9 Å². The number of nitrogens with two attached hydrogens (primary N) is 1. The Morgan fingerprint density at radius 3 is 2.68 bits per heavy atom. The molecular weight excluding hydrogens is 419 g/mol. The van der Waals surface area contributed by atoms with Gasteiger partial charge < -0.3 is 20.7 Å². The van der Waals surface area contributed by atoms with Crippen molar-refractivity contribution in [2.24, 2.45) is 5.10 Å². The van der Waals surface area contributed by atoms with Gasteiger partial charge in [-0.1, -0.05) is 12.1 Å². The lowest BCUT2D eigenvalue weighted by Gasteiger charge is -2.13. The summed E-state index contributed by atoms with van der Waals surface area (Å²) in [6.45, 7) is -0.326. The molecule has 4 rings (SSSR count). The minimum atomic E-state index is -4.41. The summed E-state index contributed by atoms with van der Waals surface area (Å²) in [6.07, 6.45) is -3.57. The Bertz CT molecular complexity index is 1100. The number of aliphatic hydroxyl groups excluding tert-OH is 2. The van der Waals surface area contributed by atoms with E-state index in [0.717, 1.165) is 12.1 Å². The number of hydrazone groups is 1. The second-order valence-corrected chi connectivity index (χ2v) is 6.86. The van der Waals surface area contributed by atoms with E-state index in [1.165, 1.54) is 24.7 Å². The number of halogens is 3. The summed E-state index contributed by atoms with van der Waals surface area (Å²) < 4.78 is 45.1. The molecule has 1 aliphatic rings. The van der Waals surface area contributed by atoms with E-state index in [1.807, 2.05) is 0 Å². The molecule has 1 aliphatic heterocycles. The predicted molar refractivity (Wildman–Crippen MR) is 104 cm³/mol. The Kier molecular flexibility index (Phi) is 5.47. The summed E-state index contributed by atoms with van der Waals surface area (Å²) in [5, 5.41) is 23.1. The summed E-state index contributed by atoms with van der Waals surface area (Å²) >= 11 is 0. The van der Waals surface area contributed by atoms with Crippen LogP contribution in [0.2, 0.25) is 0 Å². The van der Waals surface area contributed by atoms with E-state index in [0.29, 0.717) is 16.7 Å². The van der Waals surface area contributed by atoms with E-state index in [1.54, 1.807) is 4.57 Å². The number of aliphatic hydroxyl groups is 2. The van der Waals surface area contributed by atoms with Crippen molar-refractivity contribution in [2.45, 2.75) is 31.0 Å². The number of alkyl halides is 3. The number of imidazole rings is 1. The van der Waals surface area contributed by atoms with Crippen LogP contribution < -0.4 is 11.2 Å². The highest BCUT2D eigenvalue weighted by atomic mass is 19.4. The van der Waals surface area contributed by atoms with Crippen molar-refractivity contribution >= 4 is 29.1 Å². The van der Waals surface area contributed by atoms with Crippen LogP contribution in [-0.4, -0.2) is 54.8 Å². The van der Waals surface area contributed by atoms with Gasteiger partial charge in [0.05, 0.1) is 30.8 Å². The number of fused-ring (bicyclic) bond motifs is 1. The third-order valence-electron chi connectivity index (χ3n) is 4.76. The summed E-state index contributed by atoms with van der Waals surface area (Å²) in [5.74, 6) is 0.111. The van der Waals surface area contributed by atoms with Crippen molar-refractivity contribution in [2.75, 3.05) is 17.8 Å². The van der Waals surface area contributed by atoms with E-state index in [-0.39, 0.29) is 24.8 Å². The molecular formula is C18H18F3N7O3. The first-order valence-corrected chi connectivity index (χ1v) is 9.17. The van der Waals surface area contributed by atoms with Crippen LogP contribution in [0.5, 0.6) is 0 Å². The molecule has 10 nitrogen and oxygen atoms in total. The highest BCUT2D eigenvalue weighted by molar-refractivity contribution is 5.83. The first-order valence-electron chi connectivity index (χ1n) is 9.17. The zero-order valence-corrected chi connectivity index (χ0v) is 15.9. The van der Waals surface area contributed by atoms with Crippen molar-refractivity contribution in [3.63, 3.8) is 0 Å². The molecule has 3 atom stereocenters. The number of nitrogens with zero attached hydrogens (tertiary/aromatic N) is 5. The van der Waals surface area contributed by atoms with E-state index in [9.17, 15) is 23.4 Å². The molecule has 2 aromatic heterocycles. The van der Waals surface area contributed by atoms with Crippen molar-refractivity contribution < 1.29 is 28.1 Å². The van der Waals surface area contributed by atoms with Gasteiger partial charge in [0, 0.05) is 6.42 Å². The molecule has 3 heterocycles. The number of benzene rings is 1. The normalized spacial score (nSPS) is 21.9. The molecule has 0 amide bonds. The summed E-state index contributed by atoms with van der Waals surface area (Å²) in [5.41, 5.74) is 8.85. The molecule has 5 N–H and O–H groups in total. The molecule has 1 saturated heterocycles. The fourth-order valence-electron chi connectivity index (χ4n) is 3.17. The SMILES string of the molecule is Nc1nc(N/N=C/c2ccc(C(F)(F)F)cc2)nc2c1ncn2[C@H]1CC(O)[C@@H](CO)O1. The van der Waals surface area contributed by atoms with Crippen molar-refractivity contribution in [1.29, 1.82) is 0 Å². The monoisotopic (exact) mass is 437 g/mol. The standard InChI is InChI=1S/C18H18F3N7O3/c19-18(20,21)10-3-1-9(2-4-10)6-24-27-17-25-15(22)14-16(26-17)28(8-23-14)13-5-11(30)12(7-29)31-13/h1-4,6,8,11-13,29-30H,5,7H2,(H3,22,25,26,27)/b24-6+/t11?,12-,13-/m1/s1. The number of nitrogen functional groups attached to an aromatic ring is 1. The Balaban J connectivity index is 1.53. The third kappa shape index (κ3) is 4.28. The predicted octanol–water partition coefficient (Wildman–Crippen LogP) is 1.51. The number of anilines is 2. The number of ether oxygens (including phenoxy) is 1. The van der Waals surface area contributed by atoms with Gasteiger partial charge in [-0.15, -0.1) is 0 Å². The van der Waals surface area contributed by atoms with Crippen LogP contribution in [0.15, 0.2) is 35.7 Å². The first-order chi connectivity index (χ1) is 14.8. The van der Waals surface area contributed by atoms with E-state index >= 15 is 0 Å². The lowest BCUT2D eigenvalue weighted by atomic mass is 10.1. The molecule has 0 bridgehead atoms. The van der Waals surface area contributed by atoms with Crippen LogP contribution in [0, 0.1) is 0 Å². The number of nitrogens with one attached hydrogen (secondary N) is 1. The van der Waals surface area contributed by atoms with Gasteiger partial charge in [0.2, 0.25) is 5.95 Å². The number of aromatic nitrogens is 4. The lowest BCUT2D eigenvalue weighted by molar-refractivity contribution is -0.137. The molecule has 1 aromatic carbocycles. The van der Waals surface area contributed by atoms with Gasteiger partial charge in [-0.25, -0.2) is 10.4 Å². The molecule has 0 aliphatic carbocycles. The van der Waals surface area contributed by atoms with Gasteiger partial charge in [0.1, 0.15) is 17.8 Å². The minimum Gasteiger partial charge on any atom is -0.394 e. The zero-order valence-electron chi connectivity index (χ0n) is 15.9. The van der Waals surface area contributed by atoms with Gasteiger partial charge in [-0.05, 0) is 17.7 Å².